The summed E-state index contributed by atoms with van der Waals surface area (Å²) >= 11 is 2.02. The van der Waals surface area contributed by atoms with Crippen LogP contribution in [0.1, 0.15) is 17.2 Å². The van der Waals surface area contributed by atoms with Gasteiger partial charge in [-0.2, -0.15) is 11.8 Å². The molecule has 0 radical (unpaired) electrons. The minimum Gasteiger partial charge on any atom is -0.312 e. The van der Waals surface area contributed by atoms with Crippen molar-refractivity contribution < 1.29 is 0 Å². The van der Waals surface area contributed by atoms with Crippen molar-refractivity contribution in [1.82, 2.24) is 5.32 Å². The Bertz CT molecular complexity index is 521. The predicted molar refractivity (Wildman–Crippen MR) is 71.9 cm³/mol. The molecule has 0 saturated heterocycles. The van der Waals surface area contributed by atoms with E-state index in [1.807, 2.05) is 11.8 Å². The quantitative estimate of drug-likeness (QED) is 0.805. The summed E-state index contributed by atoms with van der Waals surface area (Å²) in [5.41, 5.74) is 3.01. The van der Waals surface area contributed by atoms with Crippen LogP contribution in [0.4, 0.5) is 0 Å². The third kappa shape index (κ3) is 1.53. The molecule has 0 aromatic heterocycles. The number of hydrogen-bond acceptors (Lipinski definition) is 2. The average molecular weight is 229 g/mol. The highest BCUT2D eigenvalue weighted by atomic mass is 32.2. The van der Waals surface area contributed by atoms with Gasteiger partial charge in [-0.1, -0.05) is 36.4 Å². The van der Waals surface area contributed by atoms with Gasteiger partial charge < -0.3 is 5.32 Å². The lowest BCUT2D eigenvalue weighted by Gasteiger charge is -2.26. The van der Waals surface area contributed by atoms with Gasteiger partial charge in [0.25, 0.3) is 0 Å². The van der Waals surface area contributed by atoms with Gasteiger partial charge in [0.05, 0.1) is 0 Å². The molecule has 2 aromatic rings. The Morgan fingerprint density at radius 3 is 2.94 bits per heavy atom. The van der Waals surface area contributed by atoms with Crippen LogP contribution in [-0.2, 0) is 5.75 Å². The zero-order chi connectivity index (χ0) is 11.0. The molecule has 0 fully saturated rings. The van der Waals surface area contributed by atoms with Gasteiger partial charge in [-0.25, -0.2) is 0 Å². The molecular formula is C14H15NS. The van der Waals surface area contributed by atoms with Crippen molar-refractivity contribution in [2.45, 2.75) is 11.8 Å². The van der Waals surface area contributed by atoms with E-state index in [-0.39, 0.29) is 0 Å². The van der Waals surface area contributed by atoms with Crippen LogP contribution in [0.25, 0.3) is 10.8 Å². The lowest BCUT2D eigenvalue weighted by Crippen LogP contribution is -2.23. The Hall–Kier alpha value is -0.990. The number of benzene rings is 2. The Labute approximate surface area is 100 Å². The van der Waals surface area contributed by atoms with E-state index in [0.29, 0.717) is 6.04 Å². The summed E-state index contributed by atoms with van der Waals surface area (Å²) in [5, 5.41) is 6.19. The number of nitrogens with one attached hydrogen (secondary N) is 1. The second-order valence-electron chi connectivity index (χ2n) is 4.21. The molecule has 1 aliphatic heterocycles. The van der Waals surface area contributed by atoms with Crippen molar-refractivity contribution in [3.05, 3.63) is 47.5 Å². The molecule has 1 atom stereocenters. The van der Waals surface area contributed by atoms with Crippen molar-refractivity contribution in [2.75, 3.05) is 12.8 Å². The highest BCUT2D eigenvalue weighted by molar-refractivity contribution is 7.98. The number of rotatable bonds is 1. The van der Waals surface area contributed by atoms with E-state index in [1.54, 1.807) is 0 Å². The van der Waals surface area contributed by atoms with Crippen LogP contribution in [0.3, 0.4) is 0 Å². The molecule has 1 heterocycles. The SMILES string of the molecule is CNC1CSCc2c1ccc1ccccc21. The van der Waals surface area contributed by atoms with E-state index in [9.17, 15) is 0 Å². The summed E-state index contributed by atoms with van der Waals surface area (Å²) in [6.45, 7) is 0. The molecule has 3 rings (SSSR count). The Balaban J connectivity index is 2.26. The Morgan fingerprint density at radius 2 is 2.06 bits per heavy atom. The fourth-order valence-electron chi connectivity index (χ4n) is 2.45. The summed E-state index contributed by atoms with van der Waals surface area (Å²) < 4.78 is 0. The van der Waals surface area contributed by atoms with Crippen molar-refractivity contribution in [3.8, 4) is 0 Å². The Kier molecular flexibility index (Phi) is 2.62. The highest BCUT2D eigenvalue weighted by Crippen LogP contribution is 2.35. The van der Waals surface area contributed by atoms with Gasteiger partial charge in [-0.15, -0.1) is 0 Å². The average Bonchev–Trinajstić information content (AvgIpc) is 2.37. The lowest BCUT2D eigenvalue weighted by atomic mass is 9.96. The van der Waals surface area contributed by atoms with Gasteiger partial charge in [-0.3, -0.25) is 0 Å². The van der Waals surface area contributed by atoms with E-state index in [2.05, 4.69) is 48.8 Å². The number of fused-ring (bicyclic) bond motifs is 3. The zero-order valence-corrected chi connectivity index (χ0v) is 10.2. The van der Waals surface area contributed by atoms with Crippen LogP contribution in [0.5, 0.6) is 0 Å². The fourth-order valence-corrected chi connectivity index (χ4v) is 3.67. The maximum absolute atomic E-state index is 3.40. The normalized spacial score (nSPS) is 19.7. The fraction of sp³-hybridized carbons (Fsp3) is 0.286. The van der Waals surface area contributed by atoms with Crippen LogP contribution in [0.2, 0.25) is 0 Å². The molecule has 0 saturated carbocycles. The molecule has 2 heteroatoms. The van der Waals surface area contributed by atoms with Crippen LogP contribution < -0.4 is 5.32 Å². The number of hydrogen-bond donors (Lipinski definition) is 1. The van der Waals surface area contributed by atoms with Crippen molar-refractivity contribution >= 4 is 22.5 Å². The minimum absolute atomic E-state index is 0.512. The maximum atomic E-state index is 3.40. The summed E-state index contributed by atoms with van der Waals surface area (Å²) in [6.07, 6.45) is 0. The van der Waals surface area contributed by atoms with Crippen LogP contribution in [0, 0.1) is 0 Å². The smallest absolute Gasteiger partial charge is 0.0412 e. The molecule has 1 aliphatic rings. The first-order chi connectivity index (χ1) is 7.90. The van der Waals surface area contributed by atoms with Crippen molar-refractivity contribution in [3.63, 3.8) is 0 Å². The molecular weight excluding hydrogens is 214 g/mol. The molecule has 1 N–H and O–H groups in total. The van der Waals surface area contributed by atoms with E-state index >= 15 is 0 Å². The van der Waals surface area contributed by atoms with Gasteiger partial charge in [0.1, 0.15) is 0 Å². The predicted octanol–water partition coefficient (Wildman–Crippen LogP) is 3.35. The molecule has 0 bridgehead atoms. The first kappa shape index (κ1) is 10.2. The lowest BCUT2D eigenvalue weighted by molar-refractivity contribution is 0.652. The number of thioether (sulfide) groups is 1. The summed E-state index contributed by atoms with van der Waals surface area (Å²) in [4.78, 5) is 0. The minimum atomic E-state index is 0.512. The molecule has 0 aliphatic carbocycles. The van der Waals surface area contributed by atoms with Gasteiger partial charge in [0.15, 0.2) is 0 Å². The zero-order valence-electron chi connectivity index (χ0n) is 9.36. The van der Waals surface area contributed by atoms with E-state index in [1.165, 1.54) is 27.7 Å². The summed E-state index contributed by atoms with van der Waals surface area (Å²) in [7, 11) is 2.05. The third-order valence-corrected chi connectivity index (χ3v) is 4.39. The summed E-state index contributed by atoms with van der Waals surface area (Å²) in [6, 6.07) is 13.7. The summed E-state index contributed by atoms with van der Waals surface area (Å²) in [5.74, 6) is 2.33. The van der Waals surface area contributed by atoms with Crippen LogP contribution in [-0.4, -0.2) is 12.8 Å². The monoisotopic (exact) mass is 229 g/mol. The molecule has 82 valence electrons. The second-order valence-corrected chi connectivity index (χ2v) is 5.24. The van der Waals surface area contributed by atoms with Gasteiger partial charge in [-0.05, 0) is 28.9 Å². The van der Waals surface area contributed by atoms with Gasteiger partial charge in [0, 0.05) is 17.5 Å². The largest absolute Gasteiger partial charge is 0.312 e. The molecule has 0 amide bonds. The molecule has 2 aromatic carbocycles. The second kappa shape index (κ2) is 4.11. The third-order valence-electron chi connectivity index (χ3n) is 3.33. The van der Waals surface area contributed by atoms with Crippen LogP contribution >= 0.6 is 11.8 Å². The Morgan fingerprint density at radius 1 is 1.19 bits per heavy atom. The topological polar surface area (TPSA) is 12.0 Å². The standard InChI is InChI=1S/C14H15NS/c1-15-14-9-16-8-13-11-5-3-2-4-10(11)6-7-12(13)14/h2-7,14-15H,8-9H2,1H3. The maximum Gasteiger partial charge on any atom is 0.0412 e. The molecule has 1 unspecified atom stereocenters. The van der Waals surface area contributed by atoms with Crippen molar-refractivity contribution in [2.24, 2.45) is 0 Å². The van der Waals surface area contributed by atoms with Gasteiger partial charge >= 0.3 is 0 Å². The molecule has 16 heavy (non-hydrogen) atoms. The van der Waals surface area contributed by atoms with E-state index in [4.69, 9.17) is 0 Å². The molecule has 0 spiro atoms. The van der Waals surface area contributed by atoms with Gasteiger partial charge in [0.2, 0.25) is 0 Å². The van der Waals surface area contributed by atoms with Crippen molar-refractivity contribution in [1.29, 1.82) is 0 Å². The van der Waals surface area contributed by atoms with E-state index in [0.717, 1.165) is 5.75 Å². The van der Waals surface area contributed by atoms with Crippen LogP contribution in [0.15, 0.2) is 36.4 Å². The highest BCUT2D eigenvalue weighted by Gasteiger charge is 2.20. The van der Waals surface area contributed by atoms with E-state index < -0.39 is 0 Å². The first-order valence-corrected chi connectivity index (χ1v) is 6.81. The molecule has 1 nitrogen and oxygen atoms in total. The first-order valence-electron chi connectivity index (χ1n) is 5.65.